The van der Waals surface area contributed by atoms with Crippen molar-refractivity contribution < 1.29 is 9.15 Å². The summed E-state index contributed by atoms with van der Waals surface area (Å²) in [5.74, 6) is 2.61. The Hall–Kier alpha value is -2.08. The van der Waals surface area contributed by atoms with Gasteiger partial charge in [-0.15, -0.1) is 0 Å². The van der Waals surface area contributed by atoms with Gasteiger partial charge in [0.15, 0.2) is 0 Å². The van der Waals surface area contributed by atoms with Gasteiger partial charge in [-0.3, -0.25) is 0 Å². The first-order valence-corrected chi connectivity index (χ1v) is 7.21. The number of rotatable bonds is 5. The maximum absolute atomic E-state index is 5.47. The van der Waals surface area contributed by atoms with Crippen molar-refractivity contribution in [2.75, 3.05) is 30.5 Å². The van der Waals surface area contributed by atoms with E-state index in [1.54, 1.807) is 12.6 Å². The van der Waals surface area contributed by atoms with Gasteiger partial charge >= 0.3 is 0 Å². The lowest BCUT2D eigenvalue weighted by Crippen LogP contribution is -2.30. The highest BCUT2D eigenvalue weighted by atomic mass is 16.5. The van der Waals surface area contributed by atoms with Crippen LogP contribution in [0.25, 0.3) is 0 Å². The van der Waals surface area contributed by atoms with Crippen molar-refractivity contribution in [3.63, 3.8) is 0 Å². The molecular weight excluding hydrogens is 268 g/mol. The molecule has 0 bridgehead atoms. The van der Waals surface area contributed by atoms with Gasteiger partial charge in [0.25, 0.3) is 0 Å². The molecule has 0 spiro atoms. The molecule has 21 heavy (non-hydrogen) atoms. The van der Waals surface area contributed by atoms with E-state index in [0.29, 0.717) is 12.6 Å². The molecule has 0 saturated carbocycles. The molecule has 1 N–H and O–H groups in total. The third-order valence-corrected chi connectivity index (χ3v) is 3.53. The van der Waals surface area contributed by atoms with Crippen LogP contribution in [0.2, 0.25) is 0 Å². The second-order valence-corrected chi connectivity index (χ2v) is 5.26. The monoisotopic (exact) mass is 288 g/mol. The van der Waals surface area contributed by atoms with E-state index in [0.717, 1.165) is 43.5 Å². The highest BCUT2D eigenvalue weighted by Gasteiger charge is 2.14. The molecule has 0 aromatic carbocycles. The predicted octanol–water partition coefficient (Wildman–Crippen LogP) is 2.30. The second-order valence-electron chi connectivity index (χ2n) is 5.26. The Bertz CT molecular complexity index is 553. The quantitative estimate of drug-likeness (QED) is 0.911. The SMILES string of the molecule is CN(Cc1ccco1)c1cc(NC2CCCOC2)ncn1. The molecule has 2 aromatic heterocycles. The van der Waals surface area contributed by atoms with Gasteiger partial charge < -0.3 is 19.4 Å². The van der Waals surface area contributed by atoms with Gasteiger partial charge in [-0.05, 0) is 25.0 Å². The molecule has 112 valence electrons. The van der Waals surface area contributed by atoms with E-state index in [-0.39, 0.29) is 0 Å². The fraction of sp³-hybridized carbons (Fsp3) is 0.467. The van der Waals surface area contributed by atoms with Crippen LogP contribution in [0.3, 0.4) is 0 Å². The van der Waals surface area contributed by atoms with Crippen molar-refractivity contribution >= 4 is 11.6 Å². The highest BCUT2D eigenvalue weighted by Crippen LogP contribution is 2.18. The van der Waals surface area contributed by atoms with Gasteiger partial charge in [0.05, 0.1) is 25.5 Å². The normalized spacial score (nSPS) is 18.4. The lowest BCUT2D eigenvalue weighted by atomic mass is 10.1. The summed E-state index contributed by atoms with van der Waals surface area (Å²) in [6, 6.07) is 6.13. The highest BCUT2D eigenvalue weighted by molar-refractivity contribution is 5.48. The van der Waals surface area contributed by atoms with E-state index < -0.39 is 0 Å². The number of nitrogens with zero attached hydrogens (tertiary/aromatic N) is 3. The summed E-state index contributed by atoms with van der Waals surface area (Å²) in [7, 11) is 1.98. The van der Waals surface area contributed by atoms with Crippen molar-refractivity contribution in [2.24, 2.45) is 0 Å². The predicted molar refractivity (Wildman–Crippen MR) is 80.3 cm³/mol. The molecule has 1 unspecified atom stereocenters. The molecule has 1 fully saturated rings. The summed E-state index contributed by atoms with van der Waals surface area (Å²) >= 11 is 0. The van der Waals surface area contributed by atoms with Crippen LogP contribution in [0.5, 0.6) is 0 Å². The van der Waals surface area contributed by atoms with E-state index in [1.807, 2.05) is 30.1 Å². The van der Waals surface area contributed by atoms with Crippen molar-refractivity contribution in [2.45, 2.75) is 25.4 Å². The van der Waals surface area contributed by atoms with Crippen LogP contribution in [-0.4, -0.2) is 36.3 Å². The number of hydrogen-bond donors (Lipinski definition) is 1. The number of anilines is 2. The Labute approximate surface area is 124 Å². The number of nitrogens with one attached hydrogen (secondary N) is 1. The Morgan fingerprint density at radius 2 is 2.38 bits per heavy atom. The molecule has 1 aliphatic heterocycles. The molecule has 0 aliphatic carbocycles. The average molecular weight is 288 g/mol. The van der Waals surface area contributed by atoms with Crippen LogP contribution in [0.1, 0.15) is 18.6 Å². The van der Waals surface area contributed by atoms with Crippen LogP contribution in [0, 0.1) is 0 Å². The fourth-order valence-corrected chi connectivity index (χ4v) is 2.42. The Kier molecular flexibility index (Phi) is 4.35. The zero-order chi connectivity index (χ0) is 14.5. The fourth-order valence-electron chi connectivity index (χ4n) is 2.42. The summed E-state index contributed by atoms with van der Waals surface area (Å²) in [4.78, 5) is 10.6. The summed E-state index contributed by atoms with van der Waals surface area (Å²) < 4.78 is 10.8. The molecule has 0 amide bonds. The van der Waals surface area contributed by atoms with E-state index >= 15 is 0 Å². The Morgan fingerprint density at radius 1 is 1.43 bits per heavy atom. The minimum atomic E-state index is 0.330. The smallest absolute Gasteiger partial charge is 0.134 e. The number of furan rings is 1. The van der Waals surface area contributed by atoms with Gasteiger partial charge in [0.2, 0.25) is 0 Å². The van der Waals surface area contributed by atoms with E-state index in [4.69, 9.17) is 9.15 Å². The molecule has 0 radical (unpaired) electrons. The third-order valence-electron chi connectivity index (χ3n) is 3.53. The maximum atomic E-state index is 5.47. The molecule has 3 rings (SSSR count). The third kappa shape index (κ3) is 3.72. The molecule has 6 nitrogen and oxygen atoms in total. The van der Waals surface area contributed by atoms with E-state index in [1.165, 1.54) is 0 Å². The average Bonchev–Trinajstić information content (AvgIpc) is 3.01. The summed E-state index contributed by atoms with van der Waals surface area (Å²) in [6.07, 6.45) is 5.47. The Balaban J connectivity index is 1.64. The second kappa shape index (κ2) is 6.58. The number of hydrogen-bond acceptors (Lipinski definition) is 6. The van der Waals surface area contributed by atoms with Gasteiger partial charge in [0, 0.05) is 19.7 Å². The first kappa shape index (κ1) is 13.9. The van der Waals surface area contributed by atoms with Gasteiger partial charge in [-0.2, -0.15) is 0 Å². The summed E-state index contributed by atoms with van der Waals surface area (Å²) in [5.41, 5.74) is 0. The van der Waals surface area contributed by atoms with Gasteiger partial charge in [0.1, 0.15) is 23.7 Å². The Morgan fingerprint density at radius 3 is 3.14 bits per heavy atom. The topological polar surface area (TPSA) is 63.4 Å². The summed E-state index contributed by atoms with van der Waals surface area (Å²) in [5, 5.41) is 3.41. The maximum Gasteiger partial charge on any atom is 0.134 e. The molecular formula is C15H20N4O2. The van der Waals surface area contributed by atoms with Crippen LogP contribution in [-0.2, 0) is 11.3 Å². The molecule has 1 saturated heterocycles. The standard InChI is InChI=1S/C15H20N4O2/c1-19(9-13-5-3-7-21-13)15-8-14(16-11-17-15)18-12-4-2-6-20-10-12/h3,5,7-8,11-12H,2,4,6,9-10H2,1H3,(H,16,17,18). The van der Waals surface area contributed by atoms with Crippen LogP contribution < -0.4 is 10.2 Å². The van der Waals surface area contributed by atoms with Gasteiger partial charge in [-0.1, -0.05) is 0 Å². The molecule has 6 heteroatoms. The van der Waals surface area contributed by atoms with Crippen molar-refractivity contribution in [1.29, 1.82) is 0 Å². The minimum Gasteiger partial charge on any atom is -0.467 e. The minimum absolute atomic E-state index is 0.330. The largest absolute Gasteiger partial charge is 0.467 e. The van der Waals surface area contributed by atoms with Crippen LogP contribution in [0.15, 0.2) is 35.2 Å². The van der Waals surface area contributed by atoms with Crippen LogP contribution in [0.4, 0.5) is 11.6 Å². The first-order valence-electron chi connectivity index (χ1n) is 7.21. The van der Waals surface area contributed by atoms with E-state index in [9.17, 15) is 0 Å². The van der Waals surface area contributed by atoms with E-state index in [2.05, 4.69) is 15.3 Å². The lowest BCUT2D eigenvalue weighted by molar-refractivity contribution is 0.0875. The first-order chi connectivity index (χ1) is 10.3. The van der Waals surface area contributed by atoms with Crippen molar-refractivity contribution in [3.05, 3.63) is 36.5 Å². The number of aromatic nitrogens is 2. The molecule has 1 atom stereocenters. The van der Waals surface area contributed by atoms with Crippen molar-refractivity contribution in [1.82, 2.24) is 9.97 Å². The van der Waals surface area contributed by atoms with Crippen LogP contribution >= 0.6 is 0 Å². The van der Waals surface area contributed by atoms with Crippen molar-refractivity contribution in [3.8, 4) is 0 Å². The lowest BCUT2D eigenvalue weighted by Gasteiger charge is -2.24. The van der Waals surface area contributed by atoms with Gasteiger partial charge in [-0.25, -0.2) is 9.97 Å². The molecule has 3 heterocycles. The zero-order valence-electron chi connectivity index (χ0n) is 12.2. The summed E-state index contributed by atoms with van der Waals surface area (Å²) in [6.45, 7) is 2.27. The molecule has 1 aliphatic rings. The molecule has 2 aromatic rings. The number of ether oxygens (including phenoxy) is 1. The zero-order valence-corrected chi connectivity index (χ0v) is 12.2.